The molecule has 0 aliphatic heterocycles. The number of carbonyl (C=O) groups is 1. The van der Waals surface area contributed by atoms with E-state index in [1.807, 2.05) is 6.20 Å². The van der Waals surface area contributed by atoms with Crippen molar-refractivity contribution in [2.24, 2.45) is 0 Å². The molecule has 2 aromatic rings. The molecule has 0 spiro atoms. The fourth-order valence-electron chi connectivity index (χ4n) is 4.49. The molecule has 7 nitrogen and oxygen atoms in total. The number of hydrogen-bond donors (Lipinski definition) is 0. The third kappa shape index (κ3) is 3.12. The van der Waals surface area contributed by atoms with Crippen LogP contribution in [0.15, 0.2) is 10.7 Å². The minimum absolute atomic E-state index is 0.0506. The maximum absolute atomic E-state index is 11.9. The Morgan fingerprint density at radius 2 is 2.15 bits per heavy atom. The van der Waals surface area contributed by atoms with Gasteiger partial charge < -0.3 is 14.0 Å². The van der Waals surface area contributed by atoms with E-state index in [0.29, 0.717) is 24.3 Å². The van der Waals surface area contributed by atoms with Crippen LogP contribution in [0, 0.1) is 0 Å². The largest absolute Gasteiger partial charge is 0.359 e. The number of hydrogen-bond acceptors (Lipinski definition) is 6. The molecule has 2 aliphatic carbocycles. The Morgan fingerprint density at radius 1 is 1.41 bits per heavy atom. The summed E-state index contributed by atoms with van der Waals surface area (Å²) in [4.78, 5) is 11.9. The van der Waals surface area contributed by atoms with Gasteiger partial charge in [0.15, 0.2) is 17.2 Å². The molecule has 1 atom stereocenters. The maximum atomic E-state index is 11.9. The molecular formula is C20H27N3O4. The van der Waals surface area contributed by atoms with Crippen molar-refractivity contribution in [1.29, 1.82) is 0 Å². The molecule has 4 rings (SSSR count). The summed E-state index contributed by atoms with van der Waals surface area (Å²) in [6, 6.07) is 0.358. The number of nitrogens with zero attached hydrogens (tertiary/aromatic N) is 3. The van der Waals surface area contributed by atoms with Gasteiger partial charge in [0, 0.05) is 19.6 Å². The lowest BCUT2D eigenvalue weighted by atomic mass is 9.82. The molecule has 7 heteroatoms. The van der Waals surface area contributed by atoms with Crippen LogP contribution >= 0.6 is 0 Å². The van der Waals surface area contributed by atoms with Crippen molar-refractivity contribution >= 4 is 5.78 Å². The van der Waals surface area contributed by atoms with Crippen molar-refractivity contribution in [2.45, 2.75) is 70.4 Å². The third-order valence-corrected chi connectivity index (χ3v) is 6.08. The predicted octanol–water partition coefficient (Wildman–Crippen LogP) is 3.89. The van der Waals surface area contributed by atoms with Gasteiger partial charge in [-0.05, 0) is 44.9 Å². The summed E-state index contributed by atoms with van der Waals surface area (Å²) < 4.78 is 18.7. The second-order valence-electron chi connectivity index (χ2n) is 8.12. The molecule has 2 aromatic heterocycles. The number of methoxy groups -OCH3 is 1. The first-order valence-corrected chi connectivity index (χ1v) is 9.63. The van der Waals surface area contributed by atoms with Crippen LogP contribution in [-0.4, -0.2) is 40.2 Å². The number of rotatable bonds is 5. The first kappa shape index (κ1) is 18.4. The van der Waals surface area contributed by atoms with Crippen LogP contribution < -0.4 is 0 Å². The van der Waals surface area contributed by atoms with Crippen molar-refractivity contribution in [3.05, 3.63) is 23.1 Å². The molecule has 0 radical (unpaired) electrons. The fraction of sp³-hybridized carbons (Fsp3) is 0.650. The molecule has 0 unspecified atom stereocenters. The molecule has 0 bridgehead atoms. The Kier molecular flexibility index (Phi) is 4.68. The smallest absolute Gasteiger partial charge is 0.181 e. The quantitative estimate of drug-likeness (QED) is 0.584. The number of carbonyl (C=O) groups excluding carboxylic acids is 1. The molecule has 0 saturated heterocycles. The molecular weight excluding hydrogens is 346 g/mol. The van der Waals surface area contributed by atoms with E-state index in [9.17, 15) is 4.79 Å². The van der Waals surface area contributed by atoms with E-state index in [-0.39, 0.29) is 17.3 Å². The Balaban J connectivity index is 1.59. The van der Waals surface area contributed by atoms with E-state index >= 15 is 0 Å². The van der Waals surface area contributed by atoms with Gasteiger partial charge in [0.05, 0.1) is 29.1 Å². The summed E-state index contributed by atoms with van der Waals surface area (Å²) in [7, 11) is 1.65. The highest BCUT2D eigenvalue weighted by Gasteiger charge is 2.37. The number of ketones is 1. The van der Waals surface area contributed by atoms with E-state index in [2.05, 4.69) is 23.7 Å². The Hall–Kier alpha value is -1.99. The minimum Gasteiger partial charge on any atom is -0.359 e. The Bertz CT molecular complexity index is 846. The summed E-state index contributed by atoms with van der Waals surface area (Å²) in [5.41, 5.74) is 3.43. The zero-order valence-electron chi connectivity index (χ0n) is 16.4. The van der Waals surface area contributed by atoms with Gasteiger partial charge in [0.1, 0.15) is 6.79 Å². The van der Waals surface area contributed by atoms with Crippen LogP contribution in [0.3, 0.4) is 0 Å². The summed E-state index contributed by atoms with van der Waals surface area (Å²) in [5, 5.41) is 8.72. The molecule has 1 saturated carbocycles. The lowest BCUT2D eigenvalue weighted by Gasteiger charge is -2.37. The number of ether oxygens (including phenoxy) is 2. The van der Waals surface area contributed by atoms with Crippen LogP contribution in [0.2, 0.25) is 0 Å². The average molecular weight is 373 g/mol. The highest BCUT2D eigenvalue weighted by atomic mass is 16.7. The Labute approximate surface area is 159 Å². The second kappa shape index (κ2) is 6.87. The molecule has 2 heterocycles. The molecule has 27 heavy (non-hydrogen) atoms. The van der Waals surface area contributed by atoms with Crippen molar-refractivity contribution in [1.82, 2.24) is 14.9 Å². The van der Waals surface area contributed by atoms with E-state index in [4.69, 9.17) is 19.1 Å². The maximum Gasteiger partial charge on any atom is 0.181 e. The van der Waals surface area contributed by atoms with Gasteiger partial charge in [-0.3, -0.25) is 9.48 Å². The number of Topliss-reactive ketones (excluding diaryl/α,β-unsaturated/α-hetero) is 1. The normalized spacial score (nSPS) is 27.3. The van der Waals surface area contributed by atoms with Gasteiger partial charge in [0.2, 0.25) is 0 Å². The first-order valence-electron chi connectivity index (χ1n) is 9.63. The van der Waals surface area contributed by atoms with Crippen LogP contribution in [0.5, 0.6) is 0 Å². The predicted molar refractivity (Wildman–Crippen MR) is 98.7 cm³/mol. The summed E-state index contributed by atoms with van der Waals surface area (Å²) in [6.07, 6.45) is 6.71. The van der Waals surface area contributed by atoms with Crippen LogP contribution in [0.1, 0.15) is 80.2 Å². The molecule has 0 amide bonds. The Morgan fingerprint density at radius 3 is 2.81 bits per heavy atom. The summed E-state index contributed by atoms with van der Waals surface area (Å²) in [6.45, 7) is 6.16. The van der Waals surface area contributed by atoms with Crippen molar-refractivity contribution in [2.75, 3.05) is 13.9 Å². The monoisotopic (exact) mass is 373 g/mol. The van der Waals surface area contributed by atoms with Gasteiger partial charge in [-0.2, -0.15) is 5.10 Å². The van der Waals surface area contributed by atoms with Crippen molar-refractivity contribution < 1.29 is 18.8 Å². The minimum atomic E-state index is -0.124. The van der Waals surface area contributed by atoms with Gasteiger partial charge >= 0.3 is 0 Å². The SMILES string of the molecule is COCO[C@]1(C)CC[C@@H](n2ncc3c2C[C@H](C)c2c(C(C)=O)noc2-3)CC1. The standard InChI is InChI=1S/C20H27N3O4/c1-12-9-16-15(19-17(12)18(13(2)24)22-27-19)10-21-23(16)14-5-7-20(3,8-6-14)26-11-25-4/h10,12,14H,5-9,11H2,1-4H3/t12-,14-,20-/m0/s1. The summed E-state index contributed by atoms with van der Waals surface area (Å²) >= 11 is 0. The second-order valence-corrected chi connectivity index (χ2v) is 8.12. The van der Waals surface area contributed by atoms with Gasteiger partial charge in [0.25, 0.3) is 0 Å². The molecule has 0 N–H and O–H groups in total. The zero-order valence-corrected chi connectivity index (χ0v) is 16.4. The van der Waals surface area contributed by atoms with Crippen LogP contribution in [-0.2, 0) is 15.9 Å². The fourth-order valence-corrected chi connectivity index (χ4v) is 4.49. The van der Waals surface area contributed by atoms with Gasteiger partial charge in [-0.1, -0.05) is 12.1 Å². The van der Waals surface area contributed by atoms with Gasteiger partial charge in [-0.15, -0.1) is 0 Å². The molecule has 2 aliphatic rings. The molecule has 0 aromatic carbocycles. The third-order valence-electron chi connectivity index (χ3n) is 6.08. The summed E-state index contributed by atoms with van der Waals surface area (Å²) in [5.74, 6) is 0.849. The van der Waals surface area contributed by atoms with E-state index in [0.717, 1.165) is 43.2 Å². The number of fused-ring (bicyclic) bond motifs is 3. The average Bonchev–Trinajstić information content (AvgIpc) is 3.25. The first-order chi connectivity index (χ1) is 12.9. The molecule has 146 valence electrons. The van der Waals surface area contributed by atoms with Crippen LogP contribution in [0.25, 0.3) is 11.3 Å². The lowest BCUT2D eigenvalue weighted by molar-refractivity contribution is -0.139. The zero-order chi connectivity index (χ0) is 19.2. The number of aromatic nitrogens is 3. The van der Waals surface area contributed by atoms with Gasteiger partial charge in [-0.25, -0.2) is 0 Å². The van der Waals surface area contributed by atoms with E-state index in [1.165, 1.54) is 12.6 Å². The van der Waals surface area contributed by atoms with Crippen LogP contribution in [0.4, 0.5) is 0 Å². The van der Waals surface area contributed by atoms with E-state index in [1.54, 1.807) is 7.11 Å². The lowest BCUT2D eigenvalue weighted by Crippen LogP contribution is -2.36. The highest BCUT2D eigenvalue weighted by Crippen LogP contribution is 2.44. The molecule has 1 fully saturated rings. The van der Waals surface area contributed by atoms with Crippen molar-refractivity contribution in [3.8, 4) is 11.3 Å². The highest BCUT2D eigenvalue weighted by molar-refractivity contribution is 5.95. The topological polar surface area (TPSA) is 79.4 Å². The van der Waals surface area contributed by atoms with Crippen molar-refractivity contribution in [3.63, 3.8) is 0 Å². The van der Waals surface area contributed by atoms with E-state index < -0.39 is 0 Å².